The summed E-state index contributed by atoms with van der Waals surface area (Å²) in [6, 6.07) is 9.78. The minimum absolute atomic E-state index is 0.0458. The van der Waals surface area contributed by atoms with Gasteiger partial charge in [-0.3, -0.25) is 4.79 Å². The van der Waals surface area contributed by atoms with E-state index in [1.807, 2.05) is 30.3 Å². The standard InChI is InChI=1S/C14H16N6OS/c15-12-18-13(16)20-14(19-12)22-10(8-4-2-1-3-5-8)11(21)17-9-6-7-9/h1-5,9-10H,6-7H2,(H,17,21)(H4,15,16,18,19,20)/t10-/m1/s1. The molecule has 1 aromatic heterocycles. The monoisotopic (exact) mass is 316 g/mol. The van der Waals surface area contributed by atoms with Crippen LogP contribution in [0.15, 0.2) is 35.5 Å². The van der Waals surface area contributed by atoms with Gasteiger partial charge in [0.1, 0.15) is 5.25 Å². The molecule has 1 aliphatic rings. The number of carbonyl (C=O) groups excluding carboxylic acids is 1. The number of amides is 1. The smallest absolute Gasteiger partial charge is 0.238 e. The van der Waals surface area contributed by atoms with E-state index in [9.17, 15) is 4.79 Å². The topological polar surface area (TPSA) is 120 Å². The highest BCUT2D eigenvalue weighted by Gasteiger charge is 2.29. The van der Waals surface area contributed by atoms with E-state index in [1.165, 1.54) is 11.8 Å². The second kappa shape index (κ2) is 6.18. The summed E-state index contributed by atoms with van der Waals surface area (Å²) in [6.07, 6.45) is 2.06. The number of nitrogens with two attached hydrogens (primary N) is 2. The zero-order valence-corrected chi connectivity index (χ0v) is 12.6. The van der Waals surface area contributed by atoms with Gasteiger partial charge in [0.2, 0.25) is 17.8 Å². The third kappa shape index (κ3) is 3.64. The predicted molar refractivity (Wildman–Crippen MR) is 84.9 cm³/mol. The number of aromatic nitrogens is 3. The van der Waals surface area contributed by atoms with Crippen LogP contribution in [0.4, 0.5) is 11.9 Å². The first-order valence-electron chi connectivity index (χ1n) is 6.91. The Hall–Kier alpha value is -2.35. The van der Waals surface area contributed by atoms with Crippen LogP contribution in [0.3, 0.4) is 0 Å². The van der Waals surface area contributed by atoms with Crippen LogP contribution in [0.2, 0.25) is 0 Å². The van der Waals surface area contributed by atoms with Gasteiger partial charge in [0.05, 0.1) is 0 Å². The summed E-state index contributed by atoms with van der Waals surface area (Å²) in [6.45, 7) is 0. The van der Waals surface area contributed by atoms with E-state index in [4.69, 9.17) is 11.5 Å². The Morgan fingerprint density at radius 3 is 2.36 bits per heavy atom. The number of hydrogen-bond acceptors (Lipinski definition) is 7. The molecule has 8 heteroatoms. The van der Waals surface area contributed by atoms with Gasteiger partial charge in [0.25, 0.3) is 0 Å². The van der Waals surface area contributed by atoms with Crippen molar-refractivity contribution in [2.75, 3.05) is 11.5 Å². The Kier molecular flexibility index (Phi) is 4.10. The van der Waals surface area contributed by atoms with Gasteiger partial charge < -0.3 is 16.8 Å². The molecule has 1 amide bonds. The molecule has 0 bridgehead atoms. The predicted octanol–water partition coefficient (Wildman–Crippen LogP) is 1.15. The highest BCUT2D eigenvalue weighted by Crippen LogP contribution is 2.34. The van der Waals surface area contributed by atoms with Gasteiger partial charge in [-0.05, 0) is 18.4 Å². The highest BCUT2D eigenvalue weighted by atomic mass is 32.2. The number of thioether (sulfide) groups is 1. The highest BCUT2D eigenvalue weighted by molar-refractivity contribution is 8.00. The first-order chi connectivity index (χ1) is 10.6. The molecular formula is C14H16N6OS. The Morgan fingerprint density at radius 1 is 1.14 bits per heavy atom. The third-order valence-corrected chi connectivity index (χ3v) is 4.25. The van der Waals surface area contributed by atoms with Crippen molar-refractivity contribution in [1.82, 2.24) is 20.3 Å². The molecule has 3 rings (SSSR count). The van der Waals surface area contributed by atoms with Crippen LogP contribution >= 0.6 is 11.8 Å². The summed E-state index contributed by atoms with van der Waals surface area (Å²) in [4.78, 5) is 24.3. The van der Waals surface area contributed by atoms with E-state index in [-0.39, 0.29) is 23.8 Å². The van der Waals surface area contributed by atoms with Crippen molar-refractivity contribution < 1.29 is 4.79 Å². The Labute approximate surface area is 131 Å². The quantitative estimate of drug-likeness (QED) is 0.708. The molecule has 1 aromatic carbocycles. The largest absolute Gasteiger partial charge is 0.368 e. The molecule has 2 aromatic rings. The van der Waals surface area contributed by atoms with Crippen LogP contribution < -0.4 is 16.8 Å². The molecule has 0 spiro atoms. The zero-order valence-electron chi connectivity index (χ0n) is 11.8. The van der Waals surface area contributed by atoms with Gasteiger partial charge in [-0.2, -0.15) is 15.0 Å². The van der Waals surface area contributed by atoms with Crippen molar-refractivity contribution in [1.29, 1.82) is 0 Å². The number of nitrogen functional groups attached to an aromatic ring is 2. The van der Waals surface area contributed by atoms with Gasteiger partial charge in [-0.15, -0.1) is 0 Å². The number of hydrogen-bond donors (Lipinski definition) is 3. The minimum atomic E-state index is -0.456. The summed E-state index contributed by atoms with van der Waals surface area (Å²) in [5, 5.41) is 2.89. The molecule has 114 valence electrons. The van der Waals surface area contributed by atoms with Gasteiger partial charge in [-0.25, -0.2) is 0 Å². The summed E-state index contributed by atoms with van der Waals surface area (Å²) < 4.78 is 0. The molecular weight excluding hydrogens is 300 g/mol. The third-order valence-electron chi connectivity index (χ3n) is 3.14. The van der Waals surface area contributed by atoms with Gasteiger partial charge in [0, 0.05) is 6.04 Å². The van der Waals surface area contributed by atoms with Crippen molar-refractivity contribution in [3.8, 4) is 0 Å². The second-order valence-electron chi connectivity index (χ2n) is 5.03. The Balaban J connectivity index is 1.85. The maximum atomic E-state index is 12.5. The lowest BCUT2D eigenvalue weighted by Gasteiger charge is -2.16. The fourth-order valence-corrected chi connectivity index (χ4v) is 2.92. The summed E-state index contributed by atoms with van der Waals surface area (Å²) in [5.74, 6) is 0.0325. The summed E-state index contributed by atoms with van der Waals surface area (Å²) >= 11 is 1.21. The van der Waals surface area contributed by atoms with Crippen molar-refractivity contribution in [3.05, 3.63) is 35.9 Å². The van der Waals surface area contributed by atoms with E-state index in [0.717, 1.165) is 18.4 Å². The van der Waals surface area contributed by atoms with Crippen LogP contribution in [-0.4, -0.2) is 26.9 Å². The molecule has 1 aliphatic carbocycles. The zero-order chi connectivity index (χ0) is 15.5. The van der Waals surface area contributed by atoms with E-state index < -0.39 is 5.25 Å². The molecule has 5 N–H and O–H groups in total. The second-order valence-corrected chi connectivity index (χ2v) is 6.10. The molecule has 22 heavy (non-hydrogen) atoms. The maximum absolute atomic E-state index is 12.5. The molecule has 0 saturated heterocycles. The van der Waals surface area contributed by atoms with Crippen molar-refractivity contribution in [2.45, 2.75) is 29.3 Å². The lowest BCUT2D eigenvalue weighted by Crippen LogP contribution is -2.29. The van der Waals surface area contributed by atoms with E-state index in [1.54, 1.807) is 0 Å². The van der Waals surface area contributed by atoms with Gasteiger partial charge in [0.15, 0.2) is 5.16 Å². The fraction of sp³-hybridized carbons (Fsp3) is 0.286. The Bertz CT molecular complexity index is 656. The number of carbonyl (C=O) groups is 1. The van der Waals surface area contributed by atoms with Crippen molar-refractivity contribution >= 4 is 29.6 Å². The Morgan fingerprint density at radius 2 is 1.77 bits per heavy atom. The van der Waals surface area contributed by atoms with Gasteiger partial charge >= 0.3 is 0 Å². The number of nitrogens with one attached hydrogen (secondary N) is 1. The van der Waals surface area contributed by atoms with Crippen LogP contribution in [0.1, 0.15) is 23.7 Å². The maximum Gasteiger partial charge on any atom is 0.238 e. The van der Waals surface area contributed by atoms with E-state index >= 15 is 0 Å². The van der Waals surface area contributed by atoms with Crippen molar-refractivity contribution in [2.24, 2.45) is 0 Å². The molecule has 1 saturated carbocycles. The van der Waals surface area contributed by atoms with E-state index in [2.05, 4.69) is 20.3 Å². The molecule has 0 aliphatic heterocycles. The normalized spacial score (nSPS) is 15.3. The molecule has 1 fully saturated rings. The average Bonchev–Trinajstić information content (AvgIpc) is 3.28. The first-order valence-corrected chi connectivity index (χ1v) is 7.79. The van der Waals surface area contributed by atoms with Crippen LogP contribution in [0.25, 0.3) is 0 Å². The molecule has 0 radical (unpaired) electrons. The average molecular weight is 316 g/mol. The lowest BCUT2D eigenvalue weighted by atomic mass is 10.1. The SMILES string of the molecule is Nc1nc(N)nc(S[C@@H](C(=O)NC2CC2)c2ccccc2)n1. The molecule has 1 atom stereocenters. The fourth-order valence-electron chi connectivity index (χ4n) is 1.95. The van der Waals surface area contributed by atoms with E-state index in [0.29, 0.717) is 5.16 Å². The number of rotatable bonds is 5. The molecule has 0 unspecified atom stereocenters. The first kappa shape index (κ1) is 14.6. The van der Waals surface area contributed by atoms with Crippen LogP contribution in [-0.2, 0) is 4.79 Å². The summed E-state index contributed by atoms with van der Waals surface area (Å²) in [7, 11) is 0. The number of anilines is 2. The molecule has 7 nitrogen and oxygen atoms in total. The number of nitrogens with zero attached hydrogens (tertiary/aromatic N) is 3. The lowest BCUT2D eigenvalue weighted by molar-refractivity contribution is -0.120. The van der Waals surface area contributed by atoms with Crippen LogP contribution in [0, 0.1) is 0 Å². The van der Waals surface area contributed by atoms with Crippen LogP contribution in [0.5, 0.6) is 0 Å². The summed E-state index contributed by atoms with van der Waals surface area (Å²) in [5.41, 5.74) is 12.0. The number of benzene rings is 1. The minimum Gasteiger partial charge on any atom is -0.368 e. The van der Waals surface area contributed by atoms with Gasteiger partial charge in [-0.1, -0.05) is 42.1 Å². The van der Waals surface area contributed by atoms with Crippen molar-refractivity contribution in [3.63, 3.8) is 0 Å². The molecule has 1 heterocycles.